The minimum Gasteiger partial charge on any atom is -0.396 e. The lowest BCUT2D eigenvalue weighted by Crippen LogP contribution is -2.24. The van der Waals surface area contributed by atoms with Crippen molar-refractivity contribution < 1.29 is 14.7 Å². The van der Waals surface area contributed by atoms with Gasteiger partial charge in [0.25, 0.3) is 0 Å². The number of aliphatic hydroxyl groups excluding tert-OH is 1. The third-order valence-corrected chi connectivity index (χ3v) is 1.98. The van der Waals surface area contributed by atoms with Crippen LogP contribution in [-0.2, 0) is 9.59 Å². The van der Waals surface area contributed by atoms with Gasteiger partial charge in [0.1, 0.15) is 0 Å². The molecule has 15 heavy (non-hydrogen) atoms. The van der Waals surface area contributed by atoms with Crippen molar-refractivity contribution in [2.75, 3.05) is 13.2 Å². The lowest BCUT2D eigenvalue weighted by molar-refractivity contribution is -0.121. The lowest BCUT2D eigenvalue weighted by Gasteiger charge is -2.03. The summed E-state index contributed by atoms with van der Waals surface area (Å²) in [5.74, 6) is -0.299. The molecule has 0 saturated heterocycles. The second-order valence-electron chi connectivity index (χ2n) is 3.45. The molecule has 0 bridgehead atoms. The molecule has 0 aliphatic carbocycles. The Balaban J connectivity index is 3.20. The van der Waals surface area contributed by atoms with Crippen LogP contribution in [0.15, 0.2) is 0 Å². The Morgan fingerprint density at radius 3 is 2.33 bits per heavy atom. The van der Waals surface area contributed by atoms with Crippen molar-refractivity contribution in [2.45, 2.75) is 38.5 Å². The van der Waals surface area contributed by atoms with Crippen LogP contribution in [0.2, 0.25) is 0 Å². The van der Waals surface area contributed by atoms with Crippen molar-refractivity contribution >= 4 is 11.8 Å². The molecular formula is C10H20N2O3. The van der Waals surface area contributed by atoms with Crippen LogP contribution in [0, 0.1) is 0 Å². The smallest absolute Gasteiger partial charge is 0.219 e. The lowest BCUT2D eigenvalue weighted by atomic mass is 10.2. The predicted molar refractivity (Wildman–Crippen MR) is 57.0 cm³/mol. The van der Waals surface area contributed by atoms with E-state index >= 15 is 0 Å². The standard InChI is InChI=1S/C10H20N2O3/c11-9(14)5-1-3-7-12-10(15)6-2-4-8-13/h13H,1-8H2,(H2,11,14)(H,12,15). The molecule has 0 atom stereocenters. The van der Waals surface area contributed by atoms with E-state index < -0.39 is 0 Å². The Labute approximate surface area is 90.0 Å². The average molecular weight is 216 g/mol. The maximum Gasteiger partial charge on any atom is 0.219 e. The number of aliphatic hydroxyl groups is 1. The summed E-state index contributed by atoms with van der Waals surface area (Å²) in [6, 6.07) is 0. The number of rotatable bonds is 9. The van der Waals surface area contributed by atoms with Gasteiger partial charge >= 0.3 is 0 Å². The van der Waals surface area contributed by atoms with Crippen LogP contribution < -0.4 is 11.1 Å². The highest BCUT2D eigenvalue weighted by molar-refractivity contribution is 5.75. The second-order valence-corrected chi connectivity index (χ2v) is 3.45. The Bertz CT molecular complexity index is 195. The third-order valence-electron chi connectivity index (χ3n) is 1.98. The van der Waals surface area contributed by atoms with Crippen LogP contribution in [0.25, 0.3) is 0 Å². The predicted octanol–water partition coefficient (Wildman–Crippen LogP) is -0.0792. The highest BCUT2D eigenvalue weighted by Crippen LogP contribution is 1.95. The zero-order valence-corrected chi connectivity index (χ0v) is 9.00. The number of amides is 2. The molecule has 0 aliphatic rings. The molecule has 0 unspecified atom stereocenters. The van der Waals surface area contributed by atoms with E-state index in [1.165, 1.54) is 0 Å². The first-order valence-electron chi connectivity index (χ1n) is 5.32. The van der Waals surface area contributed by atoms with Crippen molar-refractivity contribution in [1.82, 2.24) is 5.32 Å². The average Bonchev–Trinajstić information content (AvgIpc) is 2.17. The van der Waals surface area contributed by atoms with Crippen molar-refractivity contribution in [2.24, 2.45) is 5.73 Å². The molecule has 0 fully saturated rings. The molecule has 0 aromatic rings. The molecule has 0 spiro atoms. The summed E-state index contributed by atoms with van der Waals surface area (Å²) in [6.45, 7) is 0.719. The molecular weight excluding hydrogens is 196 g/mol. The van der Waals surface area contributed by atoms with Crippen molar-refractivity contribution in [3.8, 4) is 0 Å². The Morgan fingerprint density at radius 1 is 1.07 bits per heavy atom. The fourth-order valence-electron chi connectivity index (χ4n) is 1.14. The van der Waals surface area contributed by atoms with Crippen LogP contribution in [0.4, 0.5) is 0 Å². The summed E-state index contributed by atoms with van der Waals surface area (Å²) in [6.07, 6.45) is 3.69. The molecule has 5 nitrogen and oxygen atoms in total. The van der Waals surface area contributed by atoms with E-state index in [9.17, 15) is 9.59 Å². The Kier molecular flexibility index (Phi) is 8.76. The van der Waals surface area contributed by atoms with Gasteiger partial charge in [-0.25, -0.2) is 0 Å². The summed E-state index contributed by atoms with van der Waals surface area (Å²) >= 11 is 0. The summed E-state index contributed by atoms with van der Waals surface area (Å²) in [7, 11) is 0. The van der Waals surface area contributed by atoms with E-state index in [4.69, 9.17) is 10.8 Å². The largest absolute Gasteiger partial charge is 0.396 e. The number of unbranched alkanes of at least 4 members (excludes halogenated alkanes) is 2. The molecule has 0 radical (unpaired) electrons. The maximum atomic E-state index is 11.1. The molecule has 0 saturated carbocycles. The molecule has 2 amide bonds. The zero-order valence-electron chi connectivity index (χ0n) is 9.00. The van der Waals surface area contributed by atoms with E-state index in [1.807, 2.05) is 0 Å². The SMILES string of the molecule is NC(=O)CCCCNC(=O)CCCCO. The Hall–Kier alpha value is -1.10. The number of nitrogens with two attached hydrogens (primary N) is 1. The van der Waals surface area contributed by atoms with E-state index in [1.54, 1.807) is 0 Å². The van der Waals surface area contributed by atoms with Gasteiger partial charge in [-0.2, -0.15) is 0 Å². The first-order chi connectivity index (χ1) is 7.16. The monoisotopic (exact) mass is 216 g/mol. The normalized spacial score (nSPS) is 9.93. The van der Waals surface area contributed by atoms with Crippen molar-refractivity contribution in [3.63, 3.8) is 0 Å². The number of primary amides is 1. The third kappa shape index (κ3) is 10.8. The van der Waals surface area contributed by atoms with E-state index in [0.29, 0.717) is 38.6 Å². The molecule has 0 aliphatic heterocycles. The van der Waals surface area contributed by atoms with Gasteiger partial charge in [-0.15, -0.1) is 0 Å². The van der Waals surface area contributed by atoms with Crippen LogP contribution in [-0.4, -0.2) is 30.1 Å². The van der Waals surface area contributed by atoms with E-state index in [0.717, 1.165) is 6.42 Å². The fraction of sp³-hybridized carbons (Fsp3) is 0.800. The maximum absolute atomic E-state index is 11.1. The number of hydrogen-bond donors (Lipinski definition) is 3. The minimum absolute atomic E-state index is 0.00234. The van der Waals surface area contributed by atoms with Gasteiger partial charge in [-0.05, 0) is 25.7 Å². The van der Waals surface area contributed by atoms with Gasteiger partial charge in [0.2, 0.25) is 11.8 Å². The van der Waals surface area contributed by atoms with Gasteiger partial charge in [0.15, 0.2) is 0 Å². The number of carbonyl (C=O) groups is 2. The summed E-state index contributed by atoms with van der Waals surface area (Å²) in [5.41, 5.74) is 4.97. The highest BCUT2D eigenvalue weighted by Gasteiger charge is 2.00. The van der Waals surface area contributed by atoms with Crippen molar-refractivity contribution in [1.29, 1.82) is 0 Å². The van der Waals surface area contributed by atoms with Crippen molar-refractivity contribution in [3.05, 3.63) is 0 Å². The van der Waals surface area contributed by atoms with Gasteiger partial charge in [0.05, 0.1) is 0 Å². The summed E-state index contributed by atoms with van der Waals surface area (Å²) in [5, 5.41) is 11.2. The van der Waals surface area contributed by atoms with Gasteiger partial charge in [-0.3, -0.25) is 9.59 Å². The molecule has 88 valence electrons. The first-order valence-corrected chi connectivity index (χ1v) is 5.32. The van der Waals surface area contributed by atoms with Gasteiger partial charge in [-0.1, -0.05) is 0 Å². The second kappa shape index (κ2) is 9.45. The zero-order chi connectivity index (χ0) is 11.5. The van der Waals surface area contributed by atoms with Gasteiger partial charge < -0.3 is 16.2 Å². The number of hydrogen-bond acceptors (Lipinski definition) is 3. The molecule has 0 aromatic heterocycles. The summed E-state index contributed by atoms with van der Waals surface area (Å²) in [4.78, 5) is 21.5. The first kappa shape index (κ1) is 13.9. The molecule has 0 rings (SSSR count). The molecule has 4 N–H and O–H groups in total. The summed E-state index contributed by atoms with van der Waals surface area (Å²) < 4.78 is 0. The fourth-order valence-corrected chi connectivity index (χ4v) is 1.14. The highest BCUT2D eigenvalue weighted by atomic mass is 16.3. The molecule has 5 heteroatoms. The number of carbonyl (C=O) groups excluding carboxylic acids is 2. The van der Waals surface area contributed by atoms with Crippen LogP contribution in [0.1, 0.15) is 38.5 Å². The topological polar surface area (TPSA) is 92.4 Å². The van der Waals surface area contributed by atoms with Crippen LogP contribution in [0.3, 0.4) is 0 Å². The minimum atomic E-state index is -0.302. The van der Waals surface area contributed by atoms with E-state index in [-0.39, 0.29) is 18.4 Å². The van der Waals surface area contributed by atoms with Crippen LogP contribution in [0.5, 0.6) is 0 Å². The Morgan fingerprint density at radius 2 is 1.73 bits per heavy atom. The quantitative estimate of drug-likeness (QED) is 0.471. The van der Waals surface area contributed by atoms with E-state index in [2.05, 4.69) is 5.32 Å². The van der Waals surface area contributed by atoms with Gasteiger partial charge in [0, 0.05) is 26.0 Å². The number of nitrogens with one attached hydrogen (secondary N) is 1. The van der Waals surface area contributed by atoms with Crippen LogP contribution >= 0.6 is 0 Å². The molecule has 0 aromatic carbocycles. The molecule has 0 heterocycles.